The summed E-state index contributed by atoms with van der Waals surface area (Å²) in [6.45, 7) is 1.99. The summed E-state index contributed by atoms with van der Waals surface area (Å²) in [5.74, 6) is -0.953. The quantitative estimate of drug-likeness (QED) is 0.538. The van der Waals surface area contributed by atoms with Gasteiger partial charge in [-0.1, -0.05) is 29.3 Å². The van der Waals surface area contributed by atoms with E-state index in [9.17, 15) is 23.6 Å². The van der Waals surface area contributed by atoms with Crippen LogP contribution in [0.1, 0.15) is 37.2 Å². The second kappa shape index (κ2) is 12.9. The van der Waals surface area contributed by atoms with Crippen molar-refractivity contribution in [1.29, 1.82) is 0 Å². The number of halogens is 3. The first-order valence-corrected chi connectivity index (χ1v) is 14.9. The van der Waals surface area contributed by atoms with Crippen molar-refractivity contribution >= 4 is 47.0 Å². The molecule has 2 aromatic carbocycles. The number of ether oxygens (including phenoxy) is 1. The van der Waals surface area contributed by atoms with Gasteiger partial charge in [-0.2, -0.15) is 0 Å². The molecule has 9 nitrogen and oxygen atoms in total. The van der Waals surface area contributed by atoms with E-state index in [-0.39, 0.29) is 41.2 Å². The Hall–Kier alpha value is -3.37. The van der Waals surface area contributed by atoms with E-state index in [1.54, 1.807) is 29.0 Å². The van der Waals surface area contributed by atoms with Crippen LogP contribution in [0.4, 0.5) is 9.18 Å². The van der Waals surface area contributed by atoms with E-state index in [2.05, 4.69) is 5.32 Å². The van der Waals surface area contributed by atoms with Gasteiger partial charge in [0, 0.05) is 58.0 Å². The van der Waals surface area contributed by atoms with Crippen molar-refractivity contribution in [2.45, 2.75) is 37.6 Å². The molecule has 3 atom stereocenters. The van der Waals surface area contributed by atoms with Gasteiger partial charge in [0.25, 0.3) is 0 Å². The zero-order valence-corrected chi connectivity index (χ0v) is 24.7. The Morgan fingerprint density at radius 3 is 2.26 bits per heavy atom. The smallest absolute Gasteiger partial charge is 0.410 e. The second-order valence-electron chi connectivity index (χ2n) is 11.2. The van der Waals surface area contributed by atoms with Crippen LogP contribution in [0, 0.1) is 17.7 Å². The van der Waals surface area contributed by atoms with E-state index < -0.39 is 18.0 Å². The highest BCUT2D eigenvalue weighted by Gasteiger charge is 2.43. The van der Waals surface area contributed by atoms with Gasteiger partial charge >= 0.3 is 6.09 Å². The van der Waals surface area contributed by atoms with Crippen LogP contribution in [0.15, 0.2) is 42.5 Å². The molecule has 12 heteroatoms. The Morgan fingerprint density at radius 1 is 0.929 bits per heavy atom. The zero-order chi connectivity index (χ0) is 30.0. The Bertz CT molecular complexity index is 1340. The SMILES string of the molecule is CN(C(=O)Oc1ccc(F)cc1)[C@@H]1CN(C(=O)C2CCN(C(=O)C3CCC(=O)NC3)CC2)CC1c1ccc(Cl)c(Cl)c1. The predicted octanol–water partition coefficient (Wildman–Crippen LogP) is 4.32. The lowest BCUT2D eigenvalue weighted by atomic mass is 9.92. The van der Waals surface area contributed by atoms with Gasteiger partial charge in [-0.15, -0.1) is 0 Å². The first-order valence-electron chi connectivity index (χ1n) is 14.1. The van der Waals surface area contributed by atoms with Gasteiger partial charge in [0.15, 0.2) is 0 Å². The maximum Gasteiger partial charge on any atom is 0.415 e. The summed E-state index contributed by atoms with van der Waals surface area (Å²) in [5.41, 5.74) is 0.839. The molecule has 3 saturated heterocycles. The van der Waals surface area contributed by atoms with Crippen molar-refractivity contribution < 1.29 is 28.3 Å². The molecular weight excluding hydrogens is 586 g/mol. The highest BCUT2D eigenvalue weighted by atomic mass is 35.5. The maximum atomic E-state index is 13.7. The summed E-state index contributed by atoms with van der Waals surface area (Å²) in [5, 5.41) is 3.55. The monoisotopic (exact) mass is 618 g/mol. The van der Waals surface area contributed by atoms with Crippen LogP contribution in [0.2, 0.25) is 10.0 Å². The number of amides is 4. The number of carbonyl (C=O) groups is 4. The third kappa shape index (κ3) is 6.65. The Morgan fingerprint density at radius 2 is 1.62 bits per heavy atom. The maximum absolute atomic E-state index is 13.7. The molecule has 0 spiro atoms. The summed E-state index contributed by atoms with van der Waals surface area (Å²) in [6.07, 6.45) is 1.37. The molecule has 42 heavy (non-hydrogen) atoms. The number of benzene rings is 2. The Labute approximate surface area is 253 Å². The van der Waals surface area contributed by atoms with Gasteiger partial charge in [0.2, 0.25) is 17.7 Å². The van der Waals surface area contributed by atoms with Crippen molar-refractivity contribution in [3.63, 3.8) is 0 Å². The largest absolute Gasteiger partial charge is 0.415 e. The van der Waals surface area contributed by atoms with Crippen LogP contribution in [0.3, 0.4) is 0 Å². The van der Waals surface area contributed by atoms with Crippen molar-refractivity contribution in [2.75, 3.05) is 39.8 Å². The number of hydrogen-bond donors (Lipinski definition) is 1. The van der Waals surface area contributed by atoms with Gasteiger partial charge in [-0.3, -0.25) is 14.4 Å². The Balaban J connectivity index is 1.26. The van der Waals surface area contributed by atoms with Crippen LogP contribution < -0.4 is 10.1 Å². The van der Waals surface area contributed by atoms with Gasteiger partial charge in [0.05, 0.1) is 22.0 Å². The normalized spacial score (nSPS) is 23.0. The van der Waals surface area contributed by atoms with Crippen molar-refractivity contribution in [3.8, 4) is 5.75 Å². The van der Waals surface area contributed by atoms with E-state index in [1.807, 2.05) is 6.07 Å². The molecule has 2 unspecified atom stereocenters. The van der Waals surface area contributed by atoms with Gasteiger partial charge in [0.1, 0.15) is 11.6 Å². The number of piperidine rings is 2. The predicted molar refractivity (Wildman–Crippen MR) is 155 cm³/mol. The fourth-order valence-corrected chi connectivity index (χ4v) is 6.35. The van der Waals surface area contributed by atoms with E-state index >= 15 is 0 Å². The molecule has 5 rings (SSSR count). The number of likely N-dealkylation sites (N-methyl/N-ethyl adjacent to an activating group) is 1. The first-order chi connectivity index (χ1) is 20.1. The summed E-state index contributed by atoms with van der Waals surface area (Å²) in [4.78, 5) is 56.3. The summed E-state index contributed by atoms with van der Waals surface area (Å²) in [7, 11) is 1.62. The molecule has 0 aliphatic carbocycles. The van der Waals surface area contributed by atoms with Crippen LogP contribution >= 0.6 is 23.2 Å². The average molecular weight is 620 g/mol. The number of hydrogen-bond acceptors (Lipinski definition) is 5. The van der Waals surface area contributed by atoms with Gasteiger partial charge < -0.3 is 24.8 Å². The lowest BCUT2D eigenvalue weighted by Gasteiger charge is -2.36. The molecule has 0 aromatic heterocycles. The molecule has 0 saturated carbocycles. The average Bonchev–Trinajstić information content (AvgIpc) is 3.44. The zero-order valence-electron chi connectivity index (χ0n) is 23.2. The lowest BCUT2D eigenvalue weighted by molar-refractivity contribution is -0.143. The molecule has 224 valence electrons. The summed E-state index contributed by atoms with van der Waals surface area (Å²) < 4.78 is 18.8. The van der Waals surface area contributed by atoms with E-state index in [0.29, 0.717) is 68.5 Å². The highest BCUT2D eigenvalue weighted by Crippen LogP contribution is 2.36. The highest BCUT2D eigenvalue weighted by molar-refractivity contribution is 6.42. The Kier molecular flexibility index (Phi) is 9.22. The van der Waals surface area contributed by atoms with Crippen molar-refractivity contribution in [1.82, 2.24) is 20.0 Å². The number of carbonyl (C=O) groups excluding carboxylic acids is 4. The molecule has 0 radical (unpaired) electrons. The third-order valence-corrected chi connectivity index (χ3v) is 9.29. The minimum absolute atomic E-state index is 0.0140. The molecule has 4 amide bonds. The fourth-order valence-electron chi connectivity index (χ4n) is 6.05. The van der Waals surface area contributed by atoms with Crippen LogP contribution in [0.5, 0.6) is 5.75 Å². The fraction of sp³-hybridized carbons (Fsp3) is 0.467. The minimum Gasteiger partial charge on any atom is -0.410 e. The van der Waals surface area contributed by atoms with Crippen LogP contribution in [-0.4, -0.2) is 84.3 Å². The van der Waals surface area contributed by atoms with Crippen molar-refractivity contribution in [3.05, 3.63) is 63.9 Å². The molecule has 3 fully saturated rings. The second-order valence-corrected chi connectivity index (χ2v) is 12.0. The van der Waals surface area contributed by atoms with Crippen LogP contribution in [-0.2, 0) is 14.4 Å². The van der Waals surface area contributed by atoms with E-state index in [1.165, 1.54) is 29.2 Å². The summed E-state index contributed by atoms with van der Waals surface area (Å²) >= 11 is 12.5. The standard InChI is InChI=1S/C30H33Cl2FN4O5/c1-35(30(41)42-22-6-4-21(33)5-7-22)26-17-37(16-23(26)19-2-8-24(31)25(32)14-19)28(39)18-10-12-36(13-11-18)29(40)20-3-9-27(38)34-15-20/h2,4-8,14,18,20,23,26H,3,9-13,15-17H2,1H3,(H,34,38)/t20?,23?,26-/m1/s1. The van der Waals surface area contributed by atoms with E-state index in [4.69, 9.17) is 27.9 Å². The minimum atomic E-state index is -0.628. The molecule has 3 aliphatic heterocycles. The summed E-state index contributed by atoms with van der Waals surface area (Å²) in [6, 6.07) is 10.1. The molecule has 1 N–H and O–H groups in total. The third-order valence-electron chi connectivity index (χ3n) is 8.55. The number of rotatable bonds is 5. The lowest BCUT2D eigenvalue weighted by Crippen LogP contribution is -2.49. The van der Waals surface area contributed by atoms with Crippen LogP contribution in [0.25, 0.3) is 0 Å². The topological polar surface area (TPSA) is 99.3 Å². The number of likely N-dealkylation sites (tertiary alicyclic amines) is 2. The first kappa shape index (κ1) is 30.1. The van der Waals surface area contributed by atoms with E-state index in [0.717, 1.165) is 5.56 Å². The molecule has 3 aliphatic rings. The van der Waals surface area contributed by atoms with Crippen molar-refractivity contribution in [2.24, 2.45) is 11.8 Å². The van der Waals surface area contributed by atoms with Gasteiger partial charge in [-0.05, 0) is 61.2 Å². The number of nitrogens with one attached hydrogen (secondary N) is 1. The molecule has 2 aromatic rings. The molecular formula is C30H33Cl2FN4O5. The van der Waals surface area contributed by atoms with Gasteiger partial charge in [-0.25, -0.2) is 9.18 Å². The number of nitrogens with zero attached hydrogens (tertiary/aromatic N) is 3. The molecule has 3 heterocycles. The molecule has 0 bridgehead atoms.